The Balaban J connectivity index is 1.61. The number of hydrogen-bond donors (Lipinski definition) is 1. The van der Waals surface area contributed by atoms with E-state index in [1.54, 1.807) is 41.8 Å². The number of benzene rings is 2. The summed E-state index contributed by atoms with van der Waals surface area (Å²) in [5, 5.41) is 8.22. The molecular weight excluding hydrogens is 439 g/mol. The summed E-state index contributed by atoms with van der Waals surface area (Å²) in [4.78, 5) is 24.7. The normalized spacial score (nSPS) is 11.4. The summed E-state index contributed by atoms with van der Waals surface area (Å²) in [7, 11) is 0. The van der Waals surface area contributed by atoms with Gasteiger partial charge in [0.15, 0.2) is 11.5 Å². The molecule has 0 aliphatic rings. The zero-order valence-electron chi connectivity index (χ0n) is 16.7. The Kier molecular flexibility index (Phi) is 5.67. The topological polar surface area (TPSA) is 64.0 Å². The third-order valence-electron chi connectivity index (χ3n) is 4.67. The van der Waals surface area contributed by atoms with Gasteiger partial charge in [0, 0.05) is 16.8 Å². The smallest absolute Gasteiger partial charge is 0.322 e. The summed E-state index contributed by atoms with van der Waals surface area (Å²) in [6.45, 7) is 1.43. The highest BCUT2D eigenvalue weighted by molar-refractivity contribution is 7.13. The van der Waals surface area contributed by atoms with Crippen molar-refractivity contribution in [3.8, 4) is 16.3 Å². The van der Waals surface area contributed by atoms with Crippen LogP contribution in [0, 0.1) is 0 Å². The first kappa shape index (κ1) is 21.5. The SMILES string of the molecule is CC(=O)c1cccc(NC(=O)c2ccc(-n3nc(C(F)(F)F)cc3-c3cccs3)cc2)c1. The van der Waals surface area contributed by atoms with Crippen LogP contribution in [0.2, 0.25) is 0 Å². The summed E-state index contributed by atoms with van der Waals surface area (Å²) in [5.74, 6) is -0.531. The van der Waals surface area contributed by atoms with Gasteiger partial charge in [-0.25, -0.2) is 4.68 Å². The first-order valence-corrected chi connectivity index (χ1v) is 10.3. The van der Waals surface area contributed by atoms with Crippen molar-refractivity contribution in [3.05, 3.63) is 88.9 Å². The third-order valence-corrected chi connectivity index (χ3v) is 5.57. The van der Waals surface area contributed by atoms with Gasteiger partial charge in [0.25, 0.3) is 5.91 Å². The molecule has 1 amide bonds. The van der Waals surface area contributed by atoms with Crippen molar-refractivity contribution in [1.29, 1.82) is 0 Å². The van der Waals surface area contributed by atoms with Gasteiger partial charge < -0.3 is 5.32 Å². The zero-order chi connectivity index (χ0) is 22.9. The van der Waals surface area contributed by atoms with E-state index in [0.29, 0.717) is 33.1 Å². The van der Waals surface area contributed by atoms with Crippen molar-refractivity contribution in [2.75, 3.05) is 5.32 Å². The van der Waals surface area contributed by atoms with Crippen LogP contribution in [-0.2, 0) is 6.18 Å². The number of amides is 1. The lowest BCUT2D eigenvalue weighted by Gasteiger charge is -2.09. The van der Waals surface area contributed by atoms with E-state index in [9.17, 15) is 22.8 Å². The molecule has 0 spiro atoms. The van der Waals surface area contributed by atoms with Gasteiger partial charge in [0.1, 0.15) is 0 Å². The second kappa shape index (κ2) is 8.43. The van der Waals surface area contributed by atoms with Crippen LogP contribution in [0.3, 0.4) is 0 Å². The average molecular weight is 455 g/mol. The lowest BCUT2D eigenvalue weighted by Crippen LogP contribution is -2.12. The summed E-state index contributed by atoms with van der Waals surface area (Å²) in [6, 6.07) is 17.1. The molecule has 2 aromatic heterocycles. The Hall–Kier alpha value is -3.72. The predicted octanol–water partition coefficient (Wildman–Crippen LogP) is 6.07. The first-order valence-electron chi connectivity index (χ1n) is 9.46. The predicted molar refractivity (Wildman–Crippen MR) is 116 cm³/mol. The maximum atomic E-state index is 13.2. The fourth-order valence-electron chi connectivity index (χ4n) is 3.09. The average Bonchev–Trinajstić information content (AvgIpc) is 3.43. The van der Waals surface area contributed by atoms with Crippen LogP contribution >= 0.6 is 11.3 Å². The van der Waals surface area contributed by atoms with Gasteiger partial charge in [0.2, 0.25) is 0 Å². The van der Waals surface area contributed by atoms with Crippen LogP contribution < -0.4 is 5.32 Å². The number of Topliss-reactive ketones (excluding diaryl/α,β-unsaturated/α-hetero) is 1. The summed E-state index contributed by atoms with van der Waals surface area (Å²) in [6.07, 6.45) is -4.58. The highest BCUT2D eigenvalue weighted by Gasteiger charge is 2.35. The minimum atomic E-state index is -4.58. The summed E-state index contributed by atoms with van der Waals surface area (Å²) < 4.78 is 41.0. The number of ketones is 1. The standard InChI is InChI=1S/C23H16F3N3O2S/c1-14(30)16-4-2-5-17(12-16)27-22(31)15-7-9-18(10-8-15)29-19(20-6-3-11-32-20)13-21(28-29)23(24,25)26/h2-13H,1H3,(H,27,31). The minimum absolute atomic E-state index is 0.121. The third kappa shape index (κ3) is 4.47. The van der Waals surface area contributed by atoms with Crippen LogP contribution in [-0.4, -0.2) is 21.5 Å². The van der Waals surface area contributed by atoms with Gasteiger partial charge in [-0.3, -0.25) is 9.59 Å². The van der Waals surface area contributed by atoms with Crippen molar-refractivity contribution >= 4 is 28.7 Å². The summed E-state index contributed by atoms with van der Waals surface area (Å²) >= 11 is 1.30. The van der Waals surface area contributed by atoms with E-state index in [0.717, 1.165) is 6.07 Å². The van der Waals surface area contributed by atoms with Crippen LogP contribution in [0.15, 0.2) is 72.1 Å². The molecule has 0 radical (unpaired) electrons. The monoisotopic (exact) mass is 455 g/mol. The number of carbonyl (C=O) groups excluding carboxylic acids is 2. The minimum Gasteiger partial charge on any atom is -0.322 e. The molecule has 2 aromatic carbocycles. The highest BCUT2D eigenvalue weighted by atomic mass is 32.1. The Morgan fingerprint density at radius 1 is 0.969 bits per heavy atom. The first-order chi connectivity index (χ1) is 15.2. The number of thiophene rings is 1. The number of rotatable bonds is 5. The summed E-state index contributed by atoms with van der Waals surface area (Å²) in [5.41, 5.74) is 0.951. The van der Waals surface area contributed by atoms with Gasteiger partial charge in [-0.05, 0) is 60.8 Å². The second-order valence-corrected chi connectivity index (χ2v) is 7.89. The molecule has 4 aromatic rings. The number of aromatic nitrogens is 2. The van der Waals surface area contributed by atoms with E-state index in [4.69, 9.17) is 0 Å². The van der Waals surface area contributed by atoms with E-state index >= 15 is 0 Å². The van der Waals surface area contributed by atoms with E-state index in [1.165, 1.54) is 47.2 Å². The Morgan fingerprint density at radius 2 is 1.72 bits per heavy atom. The number of carbonyl (C=O) groups is 2. The molecule has 4 rings (SSSR count). The van der Waals surface area contributed by atoms with Gasteiger partial charge in [0.05, 0.1) is 16.3 Å². The van der Waals surface area contributed by atoms with Crippen LogP contribution in [0.4, 0.5) is 18.9 Å². The van der Waals surface area contributed by atoms with E-state index in [2.05, 4.69) is 10.4 Å². The molecule has 0 aliphatic carbocycles. The lowest BCUT2D eigenvalue weighted by atomic mass is 10.1. The van der Waals surface area contributed by atoms with Crippen molar-refractivity contribution in [3.63, 3.8) is 0 Å². The maximum Gasteiger partial charge on any atom is 0.435 e. The molecule has 2 heterocycles. The molecule has 32 heavy (non-hydrogen) atoms. The molecule has 0 aliphatic heterocycles. The largest absolute Gasteiger partial charge is 0.435 e. The molecule has 0 saturated carbocycles. The van der Waals surface area contributed by atoms with Crippen molar-refractivity contribution in [1.82, 2.24) is 9.78 Å². The molecule has 5 nitrogen and oxygen atoms in total. The van der Waals surface area contributed by atoms with Gasteiger partial charge in [-0.1, -0.05) is 18.2 Å². The number of nitrogens with one attached hydrogen (secondary N) is 1. The van der Waals surface area contributed by atoms with Gasteiger partial charge >= 0.3 is 6.18 Å². The van der Waals surface area contributed by atoms with Crippen LogP contribution in [0.5, 0.6) is 0 Å². The van der Waals surface area contributed by atoms with E-state index < -0.39 is 17.8 Å². The van der Waals surface area contributed by atoms with Gasteiger partial charge in [-0.2, -0.15) is 18.3 Å². The number of hydrogen-bond acceptors (Lipinski definition) is 4. The van der Waals surface area contributed by atoms with E-state index in [1.807, 2.05) is 0 Å². The van der Waals surface area contributed by atoms with Crippen molar-refractivity contribution in [2.24, 2.45) is 0 Å². The van der Waals surface area contributed by atoms with Crippen molar-refractivity contribution < 1.29 is 22.8 Å². The van der Waals surface area contributed by atoms with Gasteiger partial charge in [-0.15, -0.1) is 11.3 Å². The lowest BCUT2D eigenvalue weighted by molar-refractivity contribution is -0.141. The highest BCUT2D eigenvalue weighted by Crippen LogP contribution is 2.34. The Morgan fingerprint density at radius 3 is 2.34 bits per heavy atom. The second-order valence-electron chi connectivity index (χ2n) is 6.94. The molecule has 0 atom stereocenters. The molecule has 0 fully saturated rings. The van der Waals surface area contributed by atoms with Crippen molar-refractivity contribution in [2.45, 2.75) is 13.1 Å². The number of anilines is 1. The quantitative estimate of drug-likeness (QED) is 0.371. The Bertz CT molecular complexity index is 1280. The molecule has 162 valence electrons. The molecular formula is C23H16F3N3O2S. The van der Waals surface area contributed by atoms with Crippen LogP contribution in [0.1, 0.15) is 33.3 Å². The molecule has 0 saturated heterocycles. The molecule has 1 N–H and O–H groups in total. The van der Waals surface area contributed by atoms with E-state index in [-0.39, 0.29) is 5.78 Å². The number of alkyl halides is 3. The maximum absolute atomic E-state index is 13.2. The zero-order valence-corrected chi connectivity index (χ0v) is 17.5. The molecule has 0 unspecified atom stereocenters. The Labute approximate surface area is 185 Å². The molecule has 9 heteroatoms. The fraction of sp³-hybridized carbons (Fsp3) is 0.0870. The number of nitrogens with zero attached hydrogens (tertiary/aromatic N) is 2. The number of halogens is 3. The molecule has 0 bridgehead atoms. The fourth-order valence-corrected chi connectivity index (χ4v) is 3.82. The van der Waals surface area contributed by atoms with Crippen LogP contribution in [0.25, 0.3) is 16.3 Å².